The number of amides is 1. The van der Waals surface area contributed by atoms with Crippen LogP contribution in [0.1, 0.15) is 11.3 Å². The summed E-state index contributed by atoms with van der Waals surface area (Å²) >= 11 is 0. The van der Waals surface area contributed by atoms with Crippen molar-refractivity contribution in [1.29, 1.82) is 0 Å². The Bertz CT molecular complexity index is 934. The minimum absolute atomic E-state index is 0.0320. The number of nitrogens with zero attached hydrogens (tertiary/aromatic N) is 2. The molecule has 0 aliphatic carbocycles. The molecule has 0 spiro atoms. The summed E-state index contributed by atoms with van der Waals surface area (Å²) in [6.07, 6.45) is 3.36. The van der Waals surface area contributed by atoms with Gasteiger partial charge in [-0.2, -0.15) is 0 Å². The van der Waals surface area contributed by atoms with Crippen LogP contribution in [-0.2, 0) is 11.3 Å². The smallest absolute Gasteiger partial charge is 0.246 e. The van der Waals surface area contributed by atoms with Crippen LogP contribution in [0, 0.1) is 0 Å². The van der Waals surface area contributed by atoms with Crippen molar-refractivity contribution in [3.8, 4) is 5.75 Å². The van der Waals surface area contributed by atoms with Gasteiger partial charge in [-0.3, -0.25) is 9.69 Å². The molecule has 0 radical (unpaired) electrons. The monoisotopic (exact) mass is 376 g/mol. The first-order valence-electron chi connectivity index (χ1n) is 9.52. The lowest BCUT2D eigenvalue weighted by atomic mass is 10.2. The second-order valence-electron chi connectivity index (χ2n) is 6.97. The highest BCUT2D eigenvalue weighted by Gasteiger charge is 2.19. The number of ether oxygens (including phenoxy) is 1. The molecule has 1 aromatic heterocycles. The number of para-hydroxylation sites is 1. The van der Waals surface area contributed by atoms with Crippen molar-refractivity contribution in [2.45, 2.75) is 6.54 Å². The van der Waals surface area contributed by atoms with Gasteiger partial charge in [-0.1, -0.05) is 30.3 Å². The van der Waals surface area contributed by atoms with Gasteiger partial charge in [0.2, 0.25) is 5.91 Å². The number of benzene rings is 2. The fourth-order valence-corrected chi connectivity index (χ4v) is 3.46. The van der Waals surface area contributed by atoms with Crippen LogP contribution in [0.25, 0.3) is 17.0 Å². The summed E-state index contributed by atoms with van der Waals surface area (Å²) in [5.74, 6) is 1.60. The maximum absolute atomic E-state index is 12.5. The molecular formula is C23H24N2O3. The molecule has 1 aliphatic rings. The number of methoxy groups -OCH3 is 1. The third kappa shape index (κ3) is 4.26. The van der Waals surface area contributed by atoms with E-state index in [0.717, 1.165) is 49.4 Å². The normalized spacial score (nSPS) is 15.4. The number of hydrogen-bond donors (Lipinski definition) is 0. The summed E-state index contributed by atoms with van der Waals surface area (Å²) in [4.78, 5) is 16.7. The molecule has 1 aliphatic heterocycles. The van der Waals surface area contributed by atoms with Gasteiger partial charge < -0.3 is 14.1 Å². The predicted molar refractivity (Wildman–Crippen MR) is 110 cm³/mol. The molecule has 1 amide bonds. The maximum atomic E-state index is 12.5. The van der Waals surface area contributed by atoms with Crippen molar-refractivity contribution in [3.05, 3.63) is 72.0 Å². The van der Waals surface area contributed by atoms with Gasteiger partial charge in [-0.05, 0) is 35.9 Å². The Morgan fingerprint density at radius 1 is 1.07 bits per heavy atom. The van der Waals surface area contributed by atoms with Crippen LogP contribution in [0.15, 0.2) is 65.1 Å². The van der Waals surface area contributed by atoms with E-state index >= 15 is 0 Å². The molecule has 1 fully saturated rings. The molecule has 0 unspecified atom stereocenters. The Balaban J connectivity index is 1.29. The summed E-state index contributed by atoms with van der Waals surface area (Å²) in [6.45, 7) is 4.10. The molecule has 0 N–H and O–H groups in total. The third-order valence-corrected chi connectivity index (χ3v) is 5.08. The van der Waals surface area contributed by atoms with Crippen molar-refractivity contribution >= 4 is 23.0 Å². The van der Waals surface area contributed by atoms with E-state index in [1.807, 2.05) is 47.4 Å². The number of piperazine rings is 1. The maximum Gasteiger partial charge on any atom is 0.246 e. The van der Waals surface area contributed by atoms with Crippen molar-refractivity contribution in [1.82, 2.24) is 9.80 Å². The van der Waals surface area contributed by atoms with Crippen LogP contribution in [0.3, 0.4) is 0 Å². The van der Waals surface area contributed by atoms with E-state index in [-0.39, 0.29) is 5.91 Å². The number of rotatable bonds is 5. The highest BCUT2D eigenvalue weighted by atomic mass is 16.5. The summed E-state index contributed by atoms with van der Waals surface area (Å²) < 4.78 is 10.9. The first-order chi connectivity index (χ1) is 13.7. The summed E-state index contributed by atoms with van der Waals surface area (Å²) in [5, 5.41) is 1.04. The van der Waals surface area contributed by atoms with Gasteiger partial charge in [0.15, 0.2) is 0 Å². The van der Waals surface area contributed by atoms with Crippen molar-refractivity contribution in [2.24, 2.45) is 0 Å². The Kier molecular flexibility index (Phi) is 5.44. The number of hydrogen-bond acceptors (Lipinski definition) is 4. The predicted octanol–water partition coefficient (Wildman–Crippen LogP) is 3.80. The molecule has 1 saturated heterocycles. The van der Waals surface area contributed by atoms with Crippen molar-refractivity contribution in [3.63, 3.8) is 0 Å². The topological polar surface area (TPSA) is 45.9 Å². The van der Waals surface area contributed by atoms with Crippen LogP contribution >= 0.6 is 0 Å². The van der Waals surface area contributed by atoms with E-state index < -0.39 is 0 Å². The zero-order chi connectivity index (χ0) is 19.3. The van der Waals surface area contributed by atoms with E-state index in [1.54, 1.807) is 19.3 Å². The fourth-order valence-electron chi connectivity index (χ4n) is 3.46. The Morgan fingerprint density at radius 3 is 2.54 bits per heavy atom. The van der Waals surface area contributed by atoms with Gasteiger partial charge in [-0.15, -0.1) is 0 Å². The summed E-state index contributed by atoms with van der Waals surface area (Å²) in [5.41, 5.74) is 2.09. The van der Waals surface area contributed by atoms with Crippen LogP contribution in [0.5, 0.6) is 5.75 Å². The quantitative estimate of drug-likeness (QED) is 0.636. The molecule has 144 valence electrons. The minimum atomic E-state index is 0.0320. The van der Waals surface area contributed by atoms with Crippen LogP contribution in [0.4, 0.5) is 0 Å². The molecule has 28 heavy (non-hydrogen) atoms. The van der Waals surface area contributed by atoms with Gasteiger partial charge in [0.1, 0.15) is 17.1 Å². The van der Waals surface area contributed by atoms with Gasteiger partial charge in [0, 0.05) is 44.2 Å². The number of carbonyl (C=O) groups is 1. The Hall–Kier alpha value is -3.05. The lowest BCUT2D eigenvalue weighted by Crippen LogP contribution is -2.47. The fraction of sp³-hybridized carbons (Fsp3) is 0.261. The minimum Gasteiger partial charge on any atom is -0.497 e. The number of fused-ring (bicyclic) bond motifs is 1. The van der Waals surface area contributed by atoms with Gasteiger partial charge in [-0.25, -0.2) is 0 Å². The molecule has 5 nitrogen and oxygen atoms in total. The Morgan fingerprint density at radius 2 is 1.82 bits per heavy atom. The molecule has 2 aromatic carbocycles. The largest absolute Gasteiger partial charge is 0.497 e. The lowest BCUT2D eigenvalue weighted by molar-refractivity contribution is -0.127. The van der Waals surface area contributed by atoms with E-state index in [9.17, 15) is 4.79 Å². The van der Waals surface area contributed by atoms with Gasteiger partial charge in [0.25, 0.3) is 0 Å². The van der Waals surface area contributed by atoms with E-state index in [2.05, 4.69) is 17.0 Å². The molecular weight excluding hydrogens is 352 g/mol. The zero-order valence-electron chi connectivity index (χ0n) is 16.0. The number of carbonyl (C=O) groups excluding carboxylic acids is 1. The highest BCUT2D eigenvalue weighted by Crippen LogP contribution is 2.20. The number of furan rings is 1. The van der Waals surface area contributed by atoms with Crippen LogP contribution in [0.2, 0.25) is 0 Å². The highest BCUT2D eigenvalue weighted by molar-refractivity contribution is 5.92. The first-order valence-corrected chi connectivity index (χ1v) is 9.52. The average Bonchev–Trinajstić information content (AvgIpc) is 3.16. The van der Waals surface area contributed by atoms with Crippen molar-refractivity contribution in [2.75, 3.05) is 33.3 Å². The standard InChI is InChI=1S/C23H24N2O3/c1-27-20-8-6-18(7-9-20)17-24-12-14-25(15-13-24)23(26)11-10-21-16-19-4-2-3-5-22(19)28-21/h2-11,16H,12-15,17H2,1H3/b11-10+. The van der Waals surface area contributed by atoms with Crippen molar-refractivity contribution < 1.29 is 13.9 Å². The molecule has 5 heteroatoms. The van der Waals surface area contributed by atoms with Gasteiger partial charge in [0.05, 0.1) is 7.11 Å². The molecule has 0 bridgehead atoms. The molecule has 0 atom stereocenters. The van der Waals surface area contributed by atoms with Crippen LogP contribution < -0.4 is 4.74 Å². The van der Waals surface area contributed by atoms with E-state index in [1.165, 1.54) is 5.56 Å². The van der Waals surface area contributed by atoms with Crippen LogP contribution in [-0.4, -0.2) is 49.0 Å². The second kappa shape index (κ2) is 8.31. The second-order valence-corrected chi connectivity index (χ2v) is 6.97. The third-order valence-electron chi connectivity index (χ3n) is 5.08. The molecule has 2 heterocycles. The summed E-state index contributed by atoms with van der Waals surface area (Å²) in [7, 11) is 1.67. The summed E-state index contributed by atoms with van der Waals surface area (Å²) in [6, 6.07) is 17.9. The molecule has 3 aromatic rings. The lowest BCUT2D eigenvalue weighted by Gasteiger charge is -2.34. The first kappa shape index (κ1) is 18.3. The van der Waals surface area contributed by atoms with E-state index in [4.69, 9.17) is 9.15 Å². The molecule has 4 rings (SSSR count). The van der Waals surface area contributed by atoms with Gasteiger partial charge >= 0.3 is 0 Å². The zero-order valence-corrected chi connectivity index (χ0v) is 16.0. The molecule has 0 saturated carbocycles. The van der Waals surface area contributed by atoms with E-state index in [0.29, 0.717) is 5.76 Å². The Labute approximate surface area is 164 Å². The average molecular weight is 376 g/mol. The SMILES string of the molecule is COc1ccc(CN2CCN(C(=O)/C=C/c3cc4ccccc4o3)CC2)cc1.